The van der Waals surface area contributed by atoms with E-state index in [-0.39, 0.29) is 0 Å². The lowest BCUT2D eigenvalue weighted by Gasteiger charge is -2.26. The first kappa shape index (κ1) is 22.0. The summed E-state index contributed by atoms with van der Waals surface area (Å²) in [7, 11) is 0. The van der Waals surface area contributed by atoms with E-state index in [1.54, 1.807) is 0 Å². The molecule has 146 valence electrons. The second-order valence-electron chi connectivity index (χ2n) is 6.79. The van der Waals surface area contributed by atoms with Gasteiger partial charge in [0.25, 0.3) is 0 Å². The van der Waals surface area contributed by atoms with Crippen molar-refractivity contribution in [1.82, 2.24) is 4.90 Å². The van der Waals surface area contributed by atoms with Gasteiger partial charge in [-0.05, 0) is 68.9 Å². The Bertz CT molecular complexity index is 524. The van der Waals surface area contributed by atoms with Crippen LogP contribution < -0.4 is 4.74 Å². The SMILES string of the molecule is CC(C)c1ccc(OCCCCN2CCCCC2)cc1.O=C(O)C(=O)O. The molecule has 0 aliphatic carbocycles. The van der Waals surface area contributed by atoms with Crippen LogP contribution in [0.5, 0.6) is 5.75 Å². The molecule has 0 aromatic heterocycles. The summed E-state index contributed by atoms with van der Waals surface area (Å²) in [4.78, 5) is 20.8. The normalized spacial score (nSPS) is 14.4. The molecule has 1 aromatic rings. The van der Waals surface area contributed by atoms with Gasteiger partial charge in [0.2, 0.25) is 0 Å². The van der Waals surface area contributed by atoms with Crippen LogP contribution in [-0.4, -0.2) is 53.3 Å². The van der Waals surface area contributed by atoms with E-state index in [1.165, 1.54) is 50.9 Å². The molecule has 2 N–H and O–H groups in total. The monoisotopic (exact) mass is 365 g/mol. The summed E-state index contributed by atoms with van der Waals surface area (Å²) in [5.74, 6) is -2.05. The Kier molecular flexibility index (Phi) is 10.4. The van der Waals surface area contributed by atoms with Crippen molar-refractivity contribution in [2.24, 2.45) is 0 Å². The fourth-order valence-electron chi connectivity index (χ4n) is 2.76. The van der Waals surface area contributed by atoms with Crippen LogP contribution >= 0.6 is 0 Å². The minimum absolute atomic E-state index is 0.591. The summed E-state index contributed by atoms with van der Waals surface area (Å²) in [5, 5.41) is 14.8. The van der Waals surface area contributed by atoms with Gasteiger partial charge in [-0.25, -0.2) is 9.59 Å². The number of rotatable bonds is 7. The van der Waals surface area contributed by atoms with Crippen molar-refractivity contribution in [3.05, 3.63) is 29.8 Å². The summed E-state index contributed by atoms with van der Waals surface area (Å²) in [6.45, 7) is 9.13. The predicted molar refractivity (Wildman–Crippen MR) is 101 cm³/mol. The van der Waals surface area contributed by atoms with Crippen LogP contribution in [0.25, 0.3) is 0 Å². The van der Waals surface area contributed by atoms with Crippen LogP contribution in [0.2, 0.25) is 0 Å². The largest absolute Gasteiger partial charge is 0.494 e. The highest BCUT2D eigenvalue weighted by molar-refractivity contribution is 6.27. The summed E-state index contributed by atoms with van der Waals surface area (Å²) in [6.07, 6.45) is 6.61. The fourth-order valence-corrected chi connectivity index (χ4v) is 2.76. The Labute approximate surface area is 155 Å². The number of hydrogen-bond acceptors (Lipinski definition) is 4. The van der Waals surface area contributed by atoms with Crippen molar-refractivity contribution in [1.29, 1.82) is 0 Å². The number of nitrogens with zero attached hydrogens (tertiary/aromatic N) is 1. The molecular formula is C20H31NO5. The van der Waals surface area contributed by atoms with E-state index >= 15 is 0 Å². The molecule has 1 aromatic carbocycles. The first-order valence-corrected chi connectivity index (χ1v) is 9.31. The average Bonchev–Trinajstić information content (AvgIpc) is 2.63. The first-order valence-electron chi connectivity index (χ1n) is 9.31. The van der Waals surface area contributed by atoms with Gasteiger partial charge in [-0.3, -0.25) is 0 Å². The van der Waals surface area contributed by atoms with Gasteiger partial charge in [0.15, 0.2) is 0 Å². The van der Waals surface area contributed by atoms with E-state index in [0.29, 0.717) is 5.92 Å². The smallest absolute Gasteiger partial charge is 0.414 e. The van der Waals surface area contributed by atoms with Crippen molar-refractivity contribution in [2.75, 3.05) is 26.2 Å². The van der Waals surface area contributed by atoms with Gasteiger partial charge in [-0.2, -0.15) is 0 Å². The molecule has 1 heterocycles. The lowest BCUT2D eigenvalue weighted by Crippen LogP contribution is -2.30. The van der Waals surface area contributed by atoms with Gasteiger partial charge in [0, 0.05) is 0 Å². The van der Waals surface area contributed by atoms with E-state index < -0.39 is 11.9 Å². The Morgan fingerprint density at radius 2 is 1.58 bits per heavy atom. The van der Waals surface area contributed by atoms with Gasteiger partial charge in [-0.1, -0.05) is 32.4 Å². The third-order valence-electron chi connectivity index (χ3n) is 4.32. The molecule has 1 aliphatic rings. The molecule has 6 heteroatoms. The lowest BCUT2D eigenvalue weighted by molar-refractivity contribution is -0.159. The highest BCUT2D eigenvalue weighted by Crippen LogP contribution is 2.18. The molecule has 1 aliphatic heterocycles. The molecule has 0 bridgehead atoms. The summed E-state index contributed by atoms with van der Waals surface area (Å²) in [6, 6.07) is 8.54. The van der Waals surface area contributed by atoms with Crippen molar-refractivity contribution in [3.63, 3.8) is 0 Å². The maximum atomic E-state index is 9.10. The molecule has 0 amide bonds. The molecule has 1 saturated heterocycles. The number of hydrogen-bond donors (Lipinski definition) is 2. The average molecular weight is 365 g/mol. The standard InChI is InChI=1S/C18H29NO.C2H2O4/c1-16(2)17-8-10-18(11-9-17)20-15-7-6-14-19-12-4-3-5-13-19;3-1(4)2(5)6/h8-11,16H,3-7,12-15H2,1-2H3;(H,3,4)(H,5,6). The summed E-state index contributed by atoms with van der Waals surface area (Å²) >= 11 is 0. The Morgan fingerprint density at radius 1 is 1.00 bits per heavy atom. The lowest BCUT2D eigenvalue weighted by atomic mass is 10.0. The number of ether oxygens (including phenoxy) is 1. The molecule has 0 spiro atoms. The van der Waals surface area contributed by atoms with Crippen LogP contribution in [0.4, 0.5) is 0 Å². The van der Waals surface area contributed by atoms with Gasteiger partial charge >= 0.3 is 11.9 Å². The zero-order chi connectivity index (χ0) is 19.4. The predicted octanol–water partition coefficient (Wildman–Crippen LogP) is 3.61. The van der Waals surface area contributed by atoms with Crippen LogP contribution in [0.1, 0.15) is 57.4 Å². The number of likely N-dealkylation sites (tertiary alicyclic amines) is 1. The van der Waals surface area contributed by atoms with Crippen molar-refractivity contribution in [2.45, 2.75) is 51.9 Å². The minimum Gasteiger partial charge on any atom is -0.494 e. The molecule has 2 rings (SSSR count). The number of unbranched alkanes of at least 4 members (excludes halogenated alkanes) is 1. The number of piperidine rings is 1. The molecule has 0 radical (unpaired) electrons. The Balaban J connectivity index is 0.000000487. The van der Waals surface area contributed by atoms with Crippen LogP contribution in [0, 0.1) is 0 Å². The van der Waals surface area contributed by atoms with E-state index in [9.17, 15) is 0 Å². The zero-order valence-electron chi connectivity index (χ0n) is 15.8. The fraction of sp³-hybridized carbons (Fsp3) is 0.600. The van der Waals surface area contributed by atoms with E-state index in [1.807, 2.05) is 0 Å². The van der Waals surface area contributed by atoms with E-state index in [2.05, 4.69) is 43.0 Å². The third-order valence-corrected chi connectivity index (χ3v) is 4.32. The molecular weight excluding hydrogens is 334 g/mol. The molecule has 6 nitrogen and oxygen atoms in total. The number of aliphatic carboxylic acids is 2. The van der Waals surface area contributed by atoms with Crippen molar-refractivity contribution in [3.8, 4) is 5.75 Å². The minimum atomic E-state index is -1.82. The summed E-state index contributed by atoms with van der Waals surface area (Å²) in [5.41, 5.74) is 1.38. The molecule has 0 atom stereocenters. The molecule has 1 fully saturated rings. The molecule has 0 unspecified atom stereocenters. The number of benzene rings is 1. The maximum Gasteiger partial charge on any atom is 0.414 e. The summed E-state index contributed by atoms with van der Waals surface area (Å²) < 4.78 is 5.81. The Morgan fingerprint density at radius 3 is 2.08 bits per heavy atom. The van der Waals surface area contributed by atoms with E-state index in [4.69, 9.17) is 24.5 Å². The number of carboxylic acid groups (broad SMARTS) is 2. The van der Waals surface area contributed by atoms with Crippen LogP contribution in [0.15, 0.2) is 24.3 Å². The van der Waals surface area contributed by atoms with Crippen LogP contribution in [0.3, 0.4) is 0 Å². The molecule has 0 saturated carbocycles. The van der Waals surface area contributed by atoms with Gasteiger partial charge < -0.3 is 19.8 Å². The topological polar surface area (TPSA) is 87.1 Å². The second kappa shape index (κ2) is 12.3. The van der Waals surface area contributed by atoms with Crippen molar-refractivity contribution < 1.29 is 24.5 Å². The highest BCUT2D eigenvalue weighted by Gasteiger charge is 2.08. The number of carboxylic acids is 2. The van der Waals surface area contributed by atoms with Crippen molar-refractivity contribution >= 4 is 11.9 Å². The third kappa shape index (κ3) is 9.42. The highest BCUT2D eigenvalue weighted by atomic mass is 16.5. The van der Waals surface area contributed by atoms with Gasteiger partial charge in [0.1, 0.15) is 5.75 Å². The van der Waals surface area contributed by atoms with Gasteiger partial charge in [-0.15, -0.1) is 0 Å². The quantitative estimate of drug-likeness (QED) is 0.567. The first-order chi connectivity index (χ1) is 12.4. The maximum absolute atomic E-state index is 9.10. The number of carbonyl (C=O) groups is 2. The van der Waals surface area contributed by atoms with E-state index in [0.717, 1.165) is 18.8 Å². The van der Waals surface area contributed by atoms with Crippen LogP contribution in [-0.2, 0) is 9.59 Å². The second-order valence-corrected chi connectivity index (χ2v) is 6.79. The Hall–Kier alpha value is -2.08. The zero-order valence-corrected chi connectivity index (χ0v) is 15.8. The van der Waals surface area contributed by atoms with Gasteiger partial charge in [0.05, 0.1) is 6.61 Å². The molecule has 26 heavy (non-hydrogen) atoms.